The molecule has 11 heteroatoms. The number of aromatic nitrogens is 2. The van der Waals surface area contributed by atoms with Crippen LogP contribution in [0.4, 0.5) is 18.9 Å². The van der Waals surface area contributed by atoms with E-state index in [0.29, 0.717) is 46.5 Å². The van der Waals surface area contributed by atoms with Crippen molar-refractivity contribution in [1.82, 2.24) is 9.55 Å². The summed E-state index contributed by atoms with van der Waals surface area (Å²) in [5.74, 6) is 7.87. The van der Waals surface area contributed by atoms with E-state index < -0.39 is 21.7 Å². The Balaban J connectivity index is 1.81. The maximum atomic E-state index is 13.5. The Hall–Kier alpha value is -3.31. The van der Waals surface area contributed by atoms with E-state index in [9.17, 15) is 21.6 Å². The Labute approximate surface area is 227 Å². The normalized spacial score (nSPS) is 18.8. The van der Waals surface area contributed by atoms with Crippen molar-refractivity contribution in [3.63, 3.8) is 0 Å². The van der Waals surface area contributed by atoms with Crippen LogP contribution in [0.15, 0.2) is 65.5 Å². The number of hydrogen-bond donors (Lipinski definition) is 2. The van der Waals surface area contributed by atoms with Crippen LogP contribution >= 0.6 is 0 Å². The van der Waals surface area contributed by atoms with E-state index in [1.54, 1.807) is 36.4 Å². The minimum Gasteiger partial charge on any atom is -0.403 e. The van der Waals surface area contributed by atoms with Crippen LogP contribution in [0.2, 0.25) is 0 Å². The van der Waals surface area contributed by atoms with E-state index >= 15 is 0 Å². The number of allylic oxidation sites excluding steroid dienone is 1. The highest BCUT2D eigenvalue weighted by Crippen LogP contribution is 2.37. The summed E-state index contributed by atoms with van der Waals surface area (Å²) in [7, 11) is -3.45. The fraction of sp³-hybridized carbons (Fsp3) is 0.393. The number of rotatable bonds is 7. The third-order valence-corrected chi connectivity index (χ3v) is 8.51. The Kier molecular flexibility index (Phi) is 8.13. The quantitative estimate of drug-likeness (QED) is 0.272. The van der Waals surface area contributed by atoms with Crippen molar-refractivity contribution in [2.75, 3.05) is 11.3 Å². The first-order valence-electron chi connectivity index (χ1n) is 12.8. The number of imidazole rings is 1. The van der Waals surface area contributed by atoms with E-state index in [4.69, 9.17) is 11.6 Å². The molecular weight excluding hydrogens is 527 g/mol. The Morgan fingerprint density at radius 1 is 1.13 bits per heavy atom. The third-order valence-electron chi connectivity index (χ3n) is 7.40. The first kappa shape index (κ1) is 28.7. The van der Waals surface area contributed by atoms with Crippen molar-refractivity contribution >= 4 is 15.5 Å². The van der Waals surface area contributed by atoms with Crippen LogP contribution in [-0.2, 0) is 16.0 Å². The molecule has 2 aromatic carbocycles. The minimum absolute atomic E-state index is 0.142. The first-order valence-corrected chi connectivity index (χ1v) is 14.7. The zero-order valence-electron chi connectivity index (χ0n) is 22.2. The summed E-state index contributed by atoms with van der Waals surface area (Å²) in [5.41, 5.74) is 7.73. The van der Waals surface area contributed by atoms with Crippen LogP contribution in [0.5, 0.6) is 0 Å². The molecule has 39 heavy (non-hydrogen) atoms. The van der Waals surface area contributed by atoms with E-state index in [1.165, 1.54) is 28.8 Å². The number of benzene rings is 2. The monoisotopic (exact) mass is 561 g/mol. The molecule has 0 amide bonds. The van der Waals surface area contributed by atoms with Gasteiger partial charge in [-0.2, -0.15) is 13.2 Å². The maximum absolute atomic E-state index is 13.5. The highest BCUT2D eigenvalue weighted by Gasteiger charge is 2.35. The fourth-order valence-corrected chi connectivity index (χ4v) is 5.76. The molecule has 0 radical (unpaired) electrons. The van der Waals surface area contributed by atoms with Gasteiger partial charge in [0.2, 0.25) is 0 Å². The second-order valence-electron chi connectivity index (χ2n) is 10.4. The first-order chi connectivity index (χ1) is 18.3. The molecule has 0 spiro atoms. The van der Waals surface area contributed by atoms with Crippen LogP contribution < -0.4 is 16.6 Å². The van der Waals surface area contributed by atoms with E-state index in [-0.39, 0.29) is 10.7 Å². The number of halogens is 3. The lowest BCUT2D eigenvalue weighted by Crippen LogP contribution is -2.33. The van der Waals surface area contributed by atoms with Crippen molar-refractivity contribution in [1.29, 1.82) is 0 Å². The van der Waals surface area contributed by atoms with E-state index in [0.717, 1.165) is 38.1 Å². The Morgan fingerprint density at radius 3 is 2.38 bits per heavy atom. The number of hydrogen-bond acceptors (Lipinski definition) is 6. The van der Waals surface area contributed by atoms with Gasteiger partial charge >= 0.3 is 6.18 Å². The summed E-state index contributed by atoms with van der Waals surface area (Å²) in [6.07, 6.45) is 3.89. The SMILES string of the molecule is Cc1nc(C(F)(F)F)cn1-c1ccc(-c2cccc(S(C)(=O)=O)c2)cc1N(N)/C(=C\N)CC1CCC(C)CC1. The summed E-state index contributed by atoms with van der Waals surface area (Å²) < 4.78 is 66.0. The molecule has 0 saturated heterocycles. The zero-order chi connectivity index (χ0) is 28.5. The zero-order valence-corrected chi connectivity index (χ0v) is 23.1. The average Bonchev–Trinajstić information content (AvgIpc) is 3.29. The van der Waals surface area contributed by atoms with Gasteiger partial charge in [0.05, 0.1) is 22.0 Å². The second-order valence-corrected chi connectivity index (χ2v) is 12.4. The van der Waals surface area contributed by atoms with Crippen LogP contribution in [0.3, 0.4) is 0 Å². The van der Waals surface area contributed by atoms with Crippen LogP contribution in [-0.4, -0.2) is 24.2 Å². The summed E-state index contributed by atoms with van der Waals surface area (Å²) >= 11 is 0. The van der Waals surface area contributed by atoms with Gasteiger partial charge in [-0.15, -0.1) is 0 Å². The molecule has 0 aliphatic heterocycles. The number of anilines is 1. The van der Waals surface area contributed by atoms with Crippen LogP contribution in [0, 0.1) is 18.8 Å². The summed E-state index contributed by atoms with van der Waals surface area (Å²) in [5, 5.41) is 1.42. The van der Waals surface area contributed by atoms with Crippen molar-refractivity contribution < 1.29 is 21.6 Å². The fourth-order valence-electron chi connectivity index (χ4n) is 5.09. The average molecular weight is 562 g/mol. The molecule has 1 aliphatic rings. The Morgan fingerprint density at radius 2 is 1.79 bits per heavy atom. The van der Waals surface area contributed by atoms with Gasteiger partial charge in [-0.3, -0.25) is 5.01 Å². The number of sulfone groups is 1. The van der Waals surface area contributed by atoms with Gasteiger partial charge in [0.15, 0.2) is 15.5 Å². The molecule has 4 rings (SSSR count). The predicted octanol–water partition coefficient (Wildman–Crippen LogP) is 5.97. The number of hydrazine groups is 1. The van der Waals surface area contributed by atoms with Gasteiger partial charge in [0, 0.05) is 18.7 Å². The van der Waals surface area contributed by atoms with Gasteiger partial charge in [0.25, 0.3) is 0 Å². The molecule has 3 aromatic rings. The van der Waals surface area contributed by atoms with Crippen molar-refractivity contribution in [2.24, 2.45) is 23.4 Å². The minimum atomic E-state index is -4.61. The molecule has 0 bridgehead atoms. The molecule has 1 aromatic heterocycles. The molecule has 1 fully saturated rings. The molecule has 4 N–H and O–H groups in total. The number of alkyl halides is 3. The lowest BCUT2D eigenvalue weighted by molar-refractivity contribution is -0.141. The van der Waals surface area contributed by atoms with Gasteiger partial charge < -0.3 is 10.3 Å². The molecule has 7 nitrogen and oxygen atoms in total. The van der Waals surface area contributed by atoms with Crippen molar-refractivity contribution in [2.45, 2.75) is 57.0 Å². The smallest absolute Gasteiger partial charge is 0.403 e. The van der Waals surface area contributed by atoms with Crippen molar-refractivity contribution in [3.8, 4) is 16.8 Å². The standard InChI is InChI=1S/C28H34F3N5O2S/c1-18-7-9-20(10-8-18)13-23(16-32)36(33)26-15-22(21-5-4-6-24(14-21)39(3,37)38)11-12-25(26)35-17-27(28(29,30)31)34-19(35)2/h4-6,11-12,14-18,20H,7-10,13,32-33H2,1-3H3/b23-16-. The molecule has 210 valence electrons. The summed E-state index contributed by atoms with van der Waals surface area (Å²) in [6.45, 7) is 3.73. The van der Waals surface area contributed by atoms with Gasteiger partial charge in [0.1, 0.15) is 5.82 Å². The van der Waals surface area contributed by atoms with Gasteiger partial charge in [-0.05, 0) is 73.4 Å². The highest BCUT2D eigenvalue weighted by atomic mass is 32.2. The highest BCUT2D eigenvalue weighted by molar-refractivity contribution is 7.90. The number of aryl methyl sites for hydroxylation is 1. The molecule has 0 atom stereocenters. The second kappa shape index (κ2) is 11.1. The third kappa shape index (κ3) is 6.47. The van der Waals surface area contributed by atoms with Crippen LogP contribution in [0.25, 0.3) is 16.8 Å². The lowest BCUT2D eigenvalue weighted by Gasteiger charge is -2.31. The number of nitrogens with two attached hydrogens (primary N) is 2. The molecule has 1 aliphatic carbocycles. The maximum Gasteiger partial charge on any atom is 0.434 e. The lowest BCUT2D eigenvalue weighted by atomic mass is 9.81. The molecule has 0 unspecified atom stereocenters. The topological polar surface area (TPSA) is 107 Å². The predicted molar refractivity (Wildman–Crippen MR) is 147 cm³/mol. The summed E-state index contributed by atoms with van der Waals surface area (Å²) in [6, 6.07) is 11.6. The largest absolute Gasteiger partial charge is 0.434 e. The van der Waals surface area contributed by atoms with Gasteiger partial charge in [-0.25, -0.2) is 19.2 Å². The molecule has 1 saturated carbocycles. The molecular formula is C28H34F3N5O2S. The molecule has 1 heterocycles. The Bertz CT molecular complexity index is 1470. The van der Waals surface area contributed by atoms with Gasteiger partial charge in [-0.1, -0.05) is 38.0 Å². The van der Waals surface area contributed by atoms with E-state index in [1.807, 2.05) is 0 Å². The van der Waals surface area contributed by atoms with Crippen LogP contribution in [0.1, 0.15) is 50.5 Å². The summed E-state index contributed by atoms with van der Waals surface area (Å²) in [4.78, 5) is 3.87. The number of nitrogens with zero attached hydrogens (tertiary/aromatic N) is 3. The van der Waals surface area contributed by atoms with E-state index in [2.05, 4.69) is 11.9 Å². The van der Waals surface area contributed by atoms with Crippen molar-refractivity contribution in [3.05, 3.63) is 72.1 Å².